The van der Waals surface area contributed by atoms with Crippen molar-refractivity contribution in [1.29, 1.82) is 0 Å². The summed E-state index contributed by atoms with van der Waals surface area (Å²) < 4.78 is 9.59. The van der Waals surface area contributed by atoms with Crippen LogP contribution in [-0.2, 0) is 10.8 Å². The second-order valence-electron chi connectivity index (χ2n) is 21.7. The molecule has 1 unspecified atom stereocenters. The van der Waals surface area contributed by atoms with Crippen LogP contribution in [0.25, 0.3) is 95.0 Å². The van der Waals surface area contributed by atoms with Crippen molar-refractivity contribution in [2.75, 3.05) is 4.90 Å². The number of anilines is 3. The fourth-order valence-electron chi connectivity index (χ4n) is 12.6. The van der Waals surface area contributed by atoms with Gasteiger partial charge in [0.2, 0.25) is 0 Å². The quantitative estimate of drug-likeness (QED) is 0.136. The molecule has 11 aromatic carbocycles. The largest absolute Gasteiger partial charge is 0.454 e. The molecule has 0 aliphatic heterocycles. The number of hydrogen-bond acceptors (Lipinski definition) is 2. The number of benzene rings is 11. The smallest absolute Gasteiger partial charge is 0.159 e. The Morgan fingerprint density at radius 1 is 0.423 bits per heavy atom. The Bertz CT molecular complexity index is 4480. The van der Waals surface area contributed by atoms with Crippen molar-refractivity contribution >= 4 is 73.0 Å². The summed E-state index contributed by atoms with van der Waals surface area (Å²) in [5.74, 6) is 0. The fraction of sp³-hybridized carbons (Fsp3) is 0.0667. The maximum atomic E-state index is 7.20. The number of fused-ring (bicyclic) bond motifs is 9. The maximum Gasteiger partial charge on any atom is 0.159 e. The van der Waals surface area contributed by atoms with Crippen LogP contribution in [-0.4, -0.2) is 4.57 Å². The van der Waals surface area contributed by atoms with Gasteiger partial charge in [-0.15, -0.1) is 0 Å². The standard InChI is InChI=1S/C75H56N2O/c1-6-49-28-32-51(33-29-49)53-36-44-69-64(46-53)65-47-54(37-45-70(65)77(69)57-20-12-9-13-21-57)52-34-40-58(41-35-52)76(71-27-17-24-63-62-23-16-26-67(74(3,4)5)72(62)78-73(63)71)59-42-43-61-60-22-14-15-25-66(60)75(68(61)48-59,55-18-10-8-11-19-55)56-38-30-50(7-2)31-39-56/h6-48H,1-2H2,3-5H3. The highest BCUT2D eigenvalue weighted by Gasteiger charge is 2.46. The number of hydrogen-bond donors (Lipinski definition) is 0. The Kier molecular flexibility index (Phi) is 11.0. The molecule has 3 heteroatoms. The zero-order valence-corrected chi connectivity index (χ0v) is 44.0. The predicted molar refractivity (Wildman–Crippen MR) is 330 cm³/mol. The highest BCUT2D eigenvalue weighted by Crippen LogP contribution is 2.58. The van der Waals surface area contributed by atoms with Gasteiger partial charge in [-0.1, -0.05) is 228 Å². The summed E-state index contributed by atoms with van der Waals surface area (Å²) in [4.78, 5) is 2.41. The maximum absolute atomic E-state index is 7.20. The van der Waals surface area contributed by atoms with Crippen molar-refractivity contribution in [3.63, 3.8) is 0 Å². The Labute approximate surface area is 455 Å². The second kappa shape index (κ2) is 18.3. The van der Waals surface area contributed by atoms with E-state index in [1.165, 1.54) is 66.4 Å². The van der Waals surface area contributed by atoms with E-state index in [4.69, 9.17) is 4.42 Å². The van der Waals surface area contributed by atoms with Crippen molar-refractivity contribution in [2.45, 2.75) is 31.6 Å². The molecule has 78 heavy (non-hydrogen) atoms. The minimum absolute atomic E-state index is 0.123. The first kappa shape index (κ1) is 46.8. The Hall–Kier alpha value is -9.70. The molecule has 0 N–H and O–H groups in total. The molecule has 3 nitrogen and oxygen atoms in total. The van der Waals surface area contributed by atoms with Gasteiger partial charge in [-0.25, -0.2) is 0 Å². The summed E-state index contributed by atoms with van der Waals surface area (Å²) in [6.45, 7) is 14.9. The summed E-state index contributed by atoms with van der Waals surface area (Å²) in [6, 6.07) is 91.5. The predicted octanol–water partition coefficient (Wildman–Crippen LogP) is 20.4. The van der Waals surface area contributed by atoms with Gasteiger partial charge in [0.25, 0.3) is 0 Å². The van der Waals surface area contributed by atoms with Gasteiger partial charge in [0.15, 0.2) is 5.58 Å². The first-order valence-corrected chi connectivity index (χ1v) is 27.0. The van der Waals surface area contributed by atoms with E-state index >= 15 is 0 Å². The molecule has 1 aliphatic rings. The molecular weight excluding hydrogens is 945 g/mol. The van der Waals surface area contributed by atoms with Crippen molar-refractivity contribution in [1.82, 2.24) is 4.57 Å². The number of nitrogens with zero attached hydrogens (tertiary/aromatic N) is 2. The van der Waals surface area contributed by atoms with Crippen molar-refractivity contribution in [2.24, 2.45) is 0 Å². The lowest BCUT2D eigenvalue weighted by Crippen LogP contribution is -2.28. The van der Waals surface area contributed by atoms with Gasteiger partial charge >= 0.3 is 0 Å². The average Bonchev–Trinajstić information content (AvgIpc) is 4.30. The van der Waals surface area contributed by atoms with Crippen LogP contribution in [0.5, 0.6) is 0 Å². The first-order valence-electron chi connectivity index (χ1n) is 27.0. The lowest BCUT2D eigenvalue weighted by atomic mass is 9.67. The van der Waals surface area contributed by atoms with Gasteiger partial charge in [0.05, 0.1) is 22.1 Å². The third-order valence-electron chi connectivity index (χ3n) is 16.3. The van der Waals surface area contributed by atoms with E-state index in [-0.39, 0.29) is 5.41 Å². The second-order valence-corrected chi connectivity index (χ2v) is 21.7. The molecule has 1 atom stereocenters. The van der Waals surface area contributed by atoms with Gasteiger partial charge in [-0.2, -0.15) is 0 Å². The molecule has 0 saturated heterocycles. The Morgan fingerprint density at radius 3 is 1.59 bits per heavy atom. The molecule has 14 rings (SSSR count). The third-order valence-corrected chi connectivity index (χ3v) is 16.3. The molecule has 372 valence electrons. The van der Waals surface area contributed by atoms with Crippen molar-refractivity contribution in [3.05, 3.63) is 301 Å². The summed E-state index contributed by atoms with van der Waals surface area (Å²) >= 11 is 0. The van der Waals surface area contributed by atoms with Gasteiger partial charge in [0.1, 0.15) is 5.58 Å². The molecule has 1 aliphatic carbocycles. The molecule has 0 bridgehead atoms. The van der Waals surface area contributed by atoms with Crippen molar-refractivity contribution in [3.8, 4) is 39.1 Å². The minimum Gasteiger partial charge on any atom is -0.454 e. The van der Waals surface area contributed by atoms with Crippen LogP contribution in [0.15, 0.2) is 266 Å². The number of para-hydroxylation sites is 3. The lowest BCUT2D eigenvalue weighted by molar-refractivity contribution is 0.573. The van der Waals surface area contributed by atoms with Crippen LogP contribution in [0.1, 0.15) is 59.7 Å². The number of furan rings is 1. The van der Waals surface area contributed by atoms with E-state index in [1.807, 2.05) is 12.2 Å². The van der Waals surface area contributed by atoms with Crippen LogP contribution in [0.3, 0.4) is 0 Å². The van der Waals surface area contributed by atoms with E-state index in [0.29, 0.717) is 0 Å². The summed E-state index contributed by atoms with van der Waals surface area (Å²) in [6.07, 6.45) is 3.81. The molecular formula is C75H56N2O. The number of rotatable bonds is 10. The van der Waals surface area contributed by atoms with Crippen LogP contribution in [0, 0.1) is 0 Å². The molecule has 13 aromatic rings. The van der Waals surface area contributed by atoms with E-state index in [2.05, 4.69) is 292 Å². The molecule has 0 amide bonds. The highest BCUT2D eigenvalue weighted by atomic mass is 16.3. The van der Waals surface area contributed by atoms with Gasteiger partial charge < -0.3 is 13.9 Å². The highest BCUT2D eigenvalue weighted by molar-refractivity contribution is 6.13. The minimum atomic E-state index is -0.607. The van der Waals surface area contributed by atoms with E-state index in [0.717, 1.165) is 72.5 Å². The van der Waals surface area contributed by atoms with E-state index < -0.39 is 5.41 Å². The molecule has 0 saturated carbocycles. The van der Waals surface area contributed by atoms with Gasteiger partial charge in [-0.3, -0.25) is 0 Å². The van der Waals surface area contributed by atoms with Gasteiger partial charge in [0, 0.05) is 44.2 Å². The van der Waals surface area contributed by atoms with Gasteiger partial charge in [-0.05, 0) is 139 Å². The summed E-state index contributed by atoms with van der Waals surface area (Å²) in [5.41, 5.74) is 22.9. The SMILES string of the molecule is C=Cc1ccc(-c2ccc3c(c2)c2cc(-c4ccc(N(c5ccc6c(c5)C(c5ccccc5)(c5ccc(C=C)cc5)c5ccccc5-6)c5cccc6c5oc5c(C(C)(C)C)cccc56)cc4)ccc2n3-c2ccccc2)cc1. The first-order chi connectivity index (χ1) is 38.2. The summed E-state index contributed by atoms with van der Waals surface area (Å²) in [7, 11) is 0. The van der Waals surface area contributed by atoms with Crippen LogP contribution in [0.2, 0.25) is 0 Å². The van der Waals surface area contributed by atoms with E-state index in [9.17, 15) is 0 Å². The summed E-state index contributed by atoms with van der Waals surface area (Å²) in [5, 5.41) is 4.61. The van der Waals surface area contributed by atoms with Crippen molar-refractivity contribution < 1.29 is 4.42 Å². The molecule has 0 fully saturated rings. The van der Waals surface area contributed by atoms with Crippen LogP contribution >= 0.6 is 0 Å². The third kappa shape index (κ3) is 7.34. The normalized spacial score (nSPS) is 14.0. The van der Waals surface area contributed by atoms with Crippen LogP contribution < -0.4 is 4.90 Å². The average molecular weight is 1000 g/mol. The monoisotopic (exact) mass is 1000 g/mol. The lowest BCUT2D eigenvalue weighted by Gasteiger charge is -2.35. The topological polar surface area (TPSA) is 21.3 Å². The molecule has 2 heterocycles. The molecule has 2 aromatic heterocycles. The number of aromatic nitrogens is 1. The zero-order chi connectivity index (χ0) is 52.7. The van der Waals surface area contributed by atoms with Crippen LogP contribution in [0.4, 0.5) is 17.1 Å². The zero-order valence-electron chi connectivity index (χ0n) is 44.0. The molecule has 0 spiro atoms. The van der Waals surface area contributed by atoms with E-state index in [1.54, 1.807) is 0 Å². The Morgan fingerprint density at radius 2 is 0.949 bits per heavy atom. The Balaban J connectivity index is 0.966. The fourth-order valence-corrected chi connectivity index (χ4v) is 12.6. The molecule has 0 radical (unpaired) electrons.